The van der Waals surface area contributed by atoms with Gasteiger partial charge in [-0.25, -0.2) is 0 Å². The Hall–Kier alpha value is -0.250. The molecule has 0 radical (unpaired) electrons. The summed E-state index contributed by atoms with van der Waals surface area (Å²) in [5, 5.41) is 0.699. The molecule has 1 aromatic carbocycles. The highest BCUT2D eigenvalue weighted by Gasteiger charge is 2.27. The minimum atomic E-state index is 0.256. The smallest absolute Gasteiger partial charge is 0.121 e. The van der Waals surface area contributed by atoms with Crippen molar-refractivity contribution in [1.82, 2.24) is 4.90 Å². The van der Waals surface area contributed by atoms with E-state index < -0.39 is 0 Å². The minimum absolute atomic E-state index is 0.256. The van der Waals surface area contributed by atoms with Gasteiger partial charge in [0.2, 0.25) is 0 Å². The number of nitrogens with zero attached hydrogens (tertiary/aromatic N) is 1. The molecule has 1 heterocycles. The van der Waals surface area contributed by atoms with Crippen LogP contribution in [0.2, 0.25) is 5.02 Å². The van der Waals surface area contributed by atoms with Crippen LogP contribution in [0.1, 0.15) is 33.6 Å². The second kappa shape index (κ2) is 6.02. The maximum Gasteiger partial charge on any atom is 0.121 e. The molecule has 0 atom stereocenters. The van der Waals surface area contributed by atoms with Crippen molar-refractivity contribution >= 4 is 27.5 Å². The maximum atomic E-state index is 6.08. The summed E-state index contributed by atoms with van der Waals surface area (Å²) in [4.78, 5) is 2.52. The SMILES string of the molecule is CC(C)(C)N1CCC(Oc2ccc(Br)c(Cl)c2)CC1. The fourth-order valence-electron chi connectivity index (χ4n) is 2.39. The number of hydrogen-bond donors (Lipinski definition) is 0. The molecular formula is C15H21BrClNO. The average molecular weight is 347 g/mol. The monoisotopic (exact) mass is 345 g/mol. The van der Waals surface area contributed by atoms with E-state index in [0.29, 0.717) is 11.1 Å². The quantitative estimate of drug-likeness (QED) is 0.766. The second-order valence-electron chi connectivity index (χ2n) is 6.05. The molecule has 0 spiro atoms. The van der Waals surface area contributed by atoms with Crippen LogP contribution in [0.3, 0.4) is 0 Å². The van der Waals surface area contributed by atoms with Crippen molar-refractivity contribution < 1.29 is 4.74 Å². The van der Waals surface area contributed by atoms with Crippen LogP contribution in [-0.4, -0.2) is 29.6 Å². The van der Waals surface area contributed by atoms with E-state index in [1.165, 1.54) is 0 Å². The van der Waals surface area contributed by atoms with Crippen LogP contribution >= 0.6 is 27.5 Å². The third kappa shape index (κ3) is 4.11. The summed E-state index contributed by atoms with van der Waals surface area (Å²) in [6.45, 7) is 8.99. The van der Waals surface area contributed by atoms with E-state index in [0.717, 1.165) is 36.2 Å². The molecular weight excluding hydrogens is 326 g/mol. The van der Waals surface area contributed by atoms with Crippen LogP contribution in [-0.2, 0) is 0 Å². The lowest BCUT2D eigenvalue weighted by molar-refractivity contribution is 0.0491. The van der Waals surface area contributed by atoms with Crippen LogP contribution in [0.15, 0.2) is 22.7 Å². The first-order valence-electron chi connectivity index (χ1n) is 6.73. The molecule has 0 saturated carbocycles. The van der Waals surface area contributed by atoms with Gasteiger partial charge in [-0.05, 0) is 67.7 Å². The summed E-state index contributed by atoms with van der Waals surface area (Å²) in [5.41, 5.74) is 0.256. The molecule has 1 aliphatic rings. The summed E-state index contributed by atoms with van der Waals surface area (Å²) < 4.78 is 6.93. The van der Waals surface area contributed by atoms with Gasteiger partial charge in [-0.2, -0.15) is 0 Å². The zero-order chi connectivity index (χ0) is 14.0. The number of ether oxygens (including phenoxy) is 1. The molecule has 0 bridgehead atoms. The number of hydrogen-bond acceptors (Lipinski definition) is 2. The van der Waals surface area contributed by atoms with E-state index in [-0.39, 0.29) is 5.54 Å². The predicted molar refractivity (Wildman–Crippen MR) is 84.1 cm³/mol. The van der Waals surface area contributed by atoms with E-state index in [9.17, 15) is 0 Å². The molecule has 0 aromatic heterocycles. The van der Waals surface area contributed by atoms with Crippen LogP contribution < -0.4 is 4.74 Å². The third-order valence-corrected chi connectivity index (χ3v) is 4.82. The molecule has 2 rings (SSSR count). The van der Waals surface area contributed by atoms with Crippen LogP contribution in [0.5, 0.6) is 5.75 Å². The second-order valence-corrected chi connectivity index (χ2v) is 7.31. The van der Waals surface area contributed by atoms with E-state index >= 15 is 0 Å². The lowest BCUT2D eigenvalue weighted by Crippen LogP contribution is -2.48. The van der Waals surface area contributed by atoms with Crippen molar-refractivity contribution in [2.45, 2.75) is 45.3 Å². The number of likely N-dealkylation sites (tertiary alicyclic amines) is 1. The Morgan fingerprint density at radius 3 is 2.42 bits per heavy atom. The van der Waals surface area contributed by atoms with Crippen molar-refractivity contribution in [2.24, 2.45) is 0 Å². The summed E-state index contributed by atoms with van der Waals surface area (Å²) in [7, 11) is 0. The van der Waals surface area contributed by atoms with Gasteiger partial charge in [-0.3, -0.25) is 4.90 Å². The van der Waals surface area contributed by atoms with Crippen molar-refractivity contribution in [3.8, 4) is 5.75 Å². The van der Waals surface area contributed by atoms with Crippen molar-refractivity contribution in [3.05, 3.63) is 27.7 Å². The Bertz CT molecular complexity index is 436. The fourth-order valence-corrected chi connectivity index (χ4v) is 2.80. The zero-order valence-electron chi connectivity index (χ0n) is 11.7. The topological polar surface area (TPSA) is 12.5 Å². The van der Waals surface area contributed by atoms with E-state index in [1.807, 2.05) is 18.2 Å². The molecule has 0 unspecified atom stereocenters. The number of benzene rings is 1. The first-order chi connectivity index (χ1) is 8.86. The molecule has 1 aromatic rings. The maximum absolute atomic E-state index is 6.08. The molecule has 0 aliphatic carbocycles. The molecule has 106 valence electrons. The molecule has 1 saturated heterocycles. The van der Waals surface area contributed by atoms with E-state index in [4.69, 9.17) is 16.3 Å². The third-order valence-electron chi connectivity index (χ3n) is 3.58. The standard InChI is InChI=1S/C15H21BrClNO/c1-15(2,3)18-8-6-11(7-9-18)19-12-4-5-13(16)14(17)10-12/h4-5,10-11H,6-9H2,1-3H3. The molecule has 0 amide bonds. The Kier molecular flexibility index (Phi) is 4.80. The molecule has 0 N–H and O–H groups in total. The summed E-state index contributed by atoms with van der Waals surface area (Å²) in [5.74, 6) is 0.863. The van der Waals surface area contributed by atoms with Gasteiger partial charge in [0.05, 0.1) is 5.02 Å². The van der Waals surface area contributed by atoms with Gasteiger partial charge in [0, 0.05) is 23.1 Å². The Morgan fingerprint density at radius 2 is 1.89 bits per heavy atom. The van der Waals surface area contributed by atoms with E-state index in [1.54, 1.807) is 0 Å². The van der Waals surface area contributed by atoms with Gasteiger partial charge < -0.3 is 4.74 Å². The van der Waals surface area contributed by atoms with Gasteiger partial charge in [-0.1, -0.05) is 11.6 Å². The average Bonchev–Trinajstić information content (AvgIpc) is 2.33. The lowest BCUT2D eigenvalue weighted by Gasteiger charge is -2.40. The molecule has 1 fully saturated rings. The van der Waals surface area contributed by atoms with Gasteiger partial charge in [-0.15, -0.1) is 0 Å². The number of piperidine rings is 1. The van der Waals surface area contributed by atoms with Crippen LogP contribution in [0.25, 0.3) is 0 Å². The molecule has 1 aliphatic heterocycles. The highest BCUT2D eigenvalue weighted by molar-refractivity contribution is 9.10. The summed E-state index contributed by atoms with van der Waals surface area (Å²) in [6.07, 6.45) is 2.45. The van der Waals surface area contributed by atoms with E-state index in [2.05, 4.69) is 41.6 Å². The van der Waals surface area contributed by atoms with Crippen LogP contribution in [0, 0.1) is 0 Å². The summed E-state index contributed by atoms with van der Waals surface area (Å²) >= 11 is 9.47. The summed E-state index contributed by atoms with van der Waals surface area (Å²) in [6, 6.07) is 5.77. The predicted octanol–water partition coefficient (Wildman–Crippen LogP) is 4.74. The number of halogens is 2. The first-order valence-corrected chi connectivity index (χ1v) is 7.90. The first kappa shape index (κ1) is 15.1. The van der Waals surface area contributed by atoms with Gasteiger partial charge in [0.25, 0.3) is 0 Å². The highest BCUT2D eigenvalue weighted by atomic mass is 79.9. The minimum Gasteiger partial charge on any atom is -0.490 e. The van der Waals surface area contributed by atoms with Crippen molar-refractivity contribution in [3.63, 3.8) is 0 Å². The Balaban J connectivity index is 1.90. The van der Waals surface area contributed by atoms with Gasteiger partial charge in [0.1, 0.15) is 11.9 Å². The molecule has 4 heteroatoms. The van der Waals surface area contributed by atoms with Crippen LogP contribution in [0.4, 0.5) is 0 Å². The zero-order valence-corrected chi connectivity index (χ0v) is 14.1. The molecule has 19 heavy (non-hydrogen) atoms. The lowest BCUT2D eigenvalue weighted by atomic mass is 9.99. The van der Waals surface area contributed by atoms with Crippen molar-refractivity contribution in [2.75, 3.05) is 13.1 Å². The Labute approximate surface area is 129 Å². The van der Waals surface area contributed by atoms with Gasteiger partial charge in [0.15, 0.2) is 0 Å². The fraction of sp³-hybridized carbons (Fsp3) is 0.600. The molecule has 2 nitrogen and oxygen atoms in total. The number of rotatable bonds is 2. The Morgan fingerprint density at radius 1 is 1.26 bits per heavy atom. The largest absolute Gasteiger partial charge is 0.490 e. The van der Waals surface area contributed by atoms with Gasteiger partial charge >= 0.3 is 0 Å². The highest BCUT2D eigenvalue weighted by Crippen LogP contribution is 2.29. The van der Waals surface area contributed by atoms with Crippen molar-refractivity contribution in [1.29, 1.82) is 0 Å². The normalized spacial score (nSPS) is 18.6.